The van der Waals surface area contributed by atoms with E-state index in [0.717, 1.165) is 29.7 Å². The lowest BCUT2D eigenvalue weighted by molar-refractivity contribution is -0.126. The molecule has 138 valence electrons. The SMILES string of the molecule is Cc1cccc(OCCN(C)C(C(=O)NC2CC2)c2ccc(F)cc2)c1. The van der Waals surface area contributed by atoms with Gasteiger partial charge in [0.2, 0.25) is 5.91 Å². The number of carbonyl (C=O) groups excluding carboxylic acids is 1. The number of hydrogen-bond acceptors (Lipinski definition) is 3. The molecule has 0 aromatic heterocycles. The fourth-order valence-electron chi connectivity index (χ4n) is 2.90. The fourth-order valence-corrected chi connectivity index (χ4v) is 2.90. The van der Waals surface area contributed by atoms with Crippen molar-refractivity contribution >= 4 is 5.91 Å². The van der Waals surface area contributed by atoms with E-state index in [0.29, 0.717) is 13.2 Å². The molecule has 1 fully saturated rings. The smallest absolute Gasteiger partial charge is 0.242 e. The molecule has 1 unspecified atom stereocenters. The van der Waals surface area contributed by atoms with Gasteiger partial charge in [0.25, 0.3) is 0 Å². The van der Waals surface area contributed by atoms with Crippen LogP contribution < -0.4 is 10.1 Å². The van der Waals surface area contributed by atoms with E-state index in [4.69, 9.17) is 4.74 Å². The van der Waals surface area contributed by atoms with Crippen molar-refractivity contribution in [2.45, 2.75) is 31.8 Å². The van der Waals surface area contributed by atoms with Gasteiger partial charge in [0.1, 0.15) is 24.2 Å². The summed E-state index contributed by atoms with van der Waals surface area (Å²) in [5.41, 5.74) is 1.92. The molecule has 1 aliphatic carbocycles. The maximum atomic E-state index is 13.3. The molecule has 1 amide bonds. The molecule has 1 saturated carbocycles. The number of halogens is 1. The number of carbonyl (C=O) groups is 1. The lowest BCUT2D eigenvalue weighted by atomic mass is 10.0. The van der Waals surface area contributed by atoms with Gasteiger partial charge in [0, 0.05) is 12.6 Å². The Morgan fingerprint density at radius 1 is 1.27 bits per heavy atom. The first-order valence-electron chi connectivity index (χ1n) is 8.98. The van der Waals surface area contributed by atoms with Gasteiger partial charge in [-0.1, -0.05) is 24.3 Å². The van der Waals surface area contributed by atoms with Crippen LogP contribution in [0.25, 0.3) is 0 Å². The molecule has 4 nitrogen and oxygen atoms in total. The normalized spacial score (nSPS) is 14.9. The molecular formula is C21H25FN2O2. The van der Waals surface area contributed by atoms with Crippen LogP contribution in [0.5, 0.6) is 5.75 Å². The monoisotopic (exact) mass is 356 g/mol. The van der Waals surface area contributed by atoms with E-state index in [1.807, 2.05) is 43.1 Å². The van der Waals surface area contributed by atoms with Crippen LogP contribution in [0.3, 0.4) is 0 Å². The van der Waals surface area contributed by atoms with Crippen LogP contribution >= 0.6 is 0 Å². The van der Waals surface area contributed by atoms with Gasteiger partial charge in [0.05, 0.1) is 0 Å². The number of benzene rings is 2. The van der Waals surface area contributed by atoms with Crippen LogP contribution in [0.1, 0.15) is 30.0 Å². The molecule has 2 aromatic rings. The topological polar surface area (TPSA) is 41.6 Å². The highest BCUT2D eigenvalue weighted by atomic mass is 19.1. The first-order chi connectivity index (χ1) is 12.5. The fraction of sp³-hybridized carbons (Fsp3) is 0.381. The van der Waals surface area contributed by atoms with Gasteiger partial charge in [-0.3, -0.25) is 9.69 Å². The maximum absolute atomic E-state index is 13.3. The van der Waals surface area contributed by atoms with Crippen LogP contribution in [0.2, 0.25) is 0 Å². The summed E-state index contributed by atoms with van der Waals surface area (Å²) < 4.78 is 19.1. The molecule has 0 bridgehead atoms. The minimum Gasteiger partial charge on any atom is -0.492 e. The highest BCUT2D eigenvalue weighted by Gasteiger charge is 2.30. The third-order valence-electron chi connectivity index (χ3n) is 4.50. The Morgan fingerprint density at radius 3 is 2.65 bits per heavy atom. The van der Waals surface area contributed by atoms with E-state index in [-0.39, 0.29) is 17.8 Å². The van der Waals surface area contributed by atoms with Crippen molar-refractivity contribution in [3.05, 3.63) is 65.5 Å². The standard InChI is InChI=1S/C21H25FN2O2/c1-15-4-3-5-19(14-15)26-13-12-24(2)20(21(25)23-18-10-11-18)16-6-8-17(22)9-7-16/h3-9,14,18,20H,10-13H2,1-2H3,(H,23,25). The summed E-state index contributed by atoms with van der Waals surface area (Å²) in [5.74, 6) is 0.469. The minimum absolute atomic E-state index is 0.0443. The molecule has 0 heterocycles. The second-order valence-electron chi connectivity index (χ2n) is 6.88. The third kappa shape index (κ3) is 5.05. The minimum atomic E-state index is -0.461. The zero-order valence-electron chi connectivity index (χ0n) is 15.2. The molecule has 0 saturated heterocycles. The third-order valence-corrected chi connectivity index (χ3v) is 4.50. The van der Waals surface area contributed by atoms with Crippen LogP contribution in [-0.4, -0.2) is 37.0 Å². The molecule has 26 heavy (non-hydrogen) atoms. The highest BCUT2D eigenvalue weighted by molar-refractivity contribution is 5.83. The average Bonchev–Trinajstić information content (AvgIpc) is 3.41. The maximum Gasteiger partial charge on any atom is 0.242 e. The Kier molecular flexibility index (Phi) is 5.89. The van der Waals surface area contributed by atoms with E-state index >= 15 is 0 Å². The zero-order chi connectivity index (χ0) is 18.5. The molecule has 0 radical (unpaired) electrons. The van der Waals surface area contributed by atoms with Crippen molar-refractivity contribution in [3.8, 4) is 5.75 Å². The Hall–Kier alpha value is -2.40. The summed E-state index contributed by atoms with van der Waals surface area (Å²) in [6.07, 6.45) is 2.06. The van der Waals surface area contributed by atoms with Gasteiger partial charge < -0.3 is 10.1 Å². The number of aryl methyl sites for hydroxylation is 1. The number of amides is 1. The quantitative estimate of drug-likeness (QED) is 0.787. The number of rotatable bonds is 8. The predicted molar refractivity (Wildman–Crippen MR) is 99.6 cm³/mol. The summed E-state index contributed by atoms with van der Waals surface area (Å²) in [7, 11) is 1.89. The molecule has 3 rings (SSSR count). The van der Waals surface area contributed by atoms with Gasteiger partial charge in [-0.25, -0.2) is 4.39 Å². The molecule has 1 atom stereocenters. The number of ether oxygens (including phenoxy) is 1. The Morgan fingerprint density at radius 2 is 2.00 bits per heavy atom. The average molecular weight is 356 g/mol. The second kappa shape index (κ2) is 8.32. The van der Waals surface area contributed by atoms with E-state index in [2.05, 4.69) is 5.32 Å². The van der Waals surface area contributed by atoms with Crippen LogP contribution in [0.15, 0.2) is 48.5 Å². The van der Waals surface area contributed by atoms with E-state index in [9.17, 15) is 9.18 Å². The Bertz CT molecular complexity index is 744. The van der Waals surface area contributed by atoms with Gasteiger partial charge in [-0.15, -0.1) is 0 Å². The molecule has 1 aliphatic rings. The van der Waals surface area contributed by atoms with E-state index < -0.39 is 6.04 Å². The number of nitrogens with zero attached hydrogens (tertiary/aromatic N) is 1. The van der Waals surface area contributed by atoms with Gasteiger partial charge in [0.15, 0.2) is 0 Å². The first kappa shape index (κ1) is 18.4. The molecular weight excluding hydrogens is 331 g/mol. The summed E-state index contributed by atoms with van der Waals surface area (Å²) in [4.78, 5) is 14.7. The predicted octanol–water partition coefficient (Wildman–Crippen LogP) is 3.46. The van der Waals surface area contributed by atoms with E-state index in [1.54, 1.807) is 12.1 Å². The second-order valence-corrected chi connectivity index (χ2v) is 6.88. The Labute approximate surface area is 154 Å². The molecule has 1 N–H and O–H groups in total. The van der Waals surface area contributed by atoms with E-state index in [1.165, 1.54) is 12.1 Å². The van der Waals surface area contributed by atoms with Gasteiger partial charge >= 0.3 is 0 Å². The molecule has 5 heteroatoms. The van der Waals surface area contributed by atoms with Crippen LogP contribution in [0.4, 0.5) is 4.39 Å². The highest BCUT2D eigenvalue weighted by Crippen LogP contribution is 2.24. The largest absolute Gasteiger partial charge is 0.492 e. The lowest BCUT2D eigenvalue weighted by Crippen LogP contribution is -2.41. The van der Waals surface area contributed by atoms with Crippen LogP contribution in [0, 0.1) is 12.7 Å². The van der Waals surface area contributed by atoms with Crippen molar-refractivity contribution in [2.75, 3.05) is 20.2 Å². The van der Waals surface area contributed by atoms with Crippen molar-refractivity contribution in [1.29, 1.82) is 0 Å². The summed E-state index contributed by atoms with van der Waals surface area (Å²) >= 11 is 0. The molecule has 2 aromatic carbocycles. The zero-order valence-corrected chi connectivity index (χ0v) is 15.2. The summed E-state index contributed by atoms with van der Waals surface area (Å²) in [6, 6.07) is 13.8. The van der Waals surface area contributed by atoms with Crippen molar-refractivity contribution in [3.63, 3.8) is 0 Å². The van der Waals surface area contributed by atoms with Crippen molar-refractivity contribution in [1.82, 2.24) is 10.2 Å². The number of nitrogens with one attached hydrogen (secondary N) is 1. The van der Waals surface area contributed by atoms with Gasteiger partial charge in [-0.05, 0) is 62.2 Å². The van der Waals surface area contributed by atoms with Gasteiger partial charge in [-0.2, -0.15) is 0 Å². The van der Waals surface area contributed by atoms with Crippen molar-refractivity contribution < 1.29 is 13.9 Å². The Balaban J connectivity index is 1.64. The number of likely N-dealkylation sites (N-methyl/N-ethyl adjacent to an activating group) is 1. The summed E-state index contributed by atoms with van der Waals surface area (Å²) in [6.45, 7) is 3.06. The molecule has 0 aliphatic heterocycles. The number of hydrogen-bond donors (Lipinski definition) is 1. The summed E-state index contributed by atoms with van der Waals surface area (Å²) in [5, 5.41) is 3.05. The first-order valence-corrected chi connectivity index (χ1v) is 8.98. The van der Waals surface area contributed by atoms with Crippen LogP contribution in [-0.2, 0) is 4.79 Å². The van der Waals surface area contributed by atoms with Crippen molar-refractivity contribution in [2.24, 2.45) is 0 Å². The molecule has 0 spiro atoms. The lowest BCUT2D eigenvalue weighted by Gasteiger charge is -2.27.